The SMILES string of the molecule is CN(C)C(=O)c1cccc(NC(=O)CCNC(=O)Cc2ccccc2)c1. The molecule has 3 amide bonds. The Morgan fingerprint density at radius 1 is 0.923 bits per heavy atom. The number of rotatable bonds is 7. The van der Waals surface area contributed by atoms with E-state index in [1.807, 2.05) is 30.3 Å². The maximum atomic E-state index is 12.0. The molecule has 26 heavy (non-hydrogen) atoms. The molecule has 6 nitrogen and oxygen atoms in total. The van der Waals surface area contributed by atoms with Crippen molar-refractivity contribution >= 4 is 23.4 Å². The summed E-state index contributed by atoms with van der Waals surface area (Å²) in [6.07, 6.45) is 0.448. The minimum atomic E-state index is -0.223. The molecular formula is C20H23N3O3. The van der Waals surface area contributed by atoms with E-state index in [0.29, 0.717) is 11.3 Å². The standard InChI is InChI=1S/C20H23N3O3/c1-23(2)20(26)16-9-6-10-17(14-16)22-18(24)11-12-21-19(25)13-15-7-4-3-5-8-15/h3-10,14H,11-13H2,1-2H3,(H,21,25)(H,22,24). The van der Waals surface area contributed by atoms with E-state index in [-0.39, 0.29) is 37.1 Å². The summed E-state index contributed by atoms with van der Waals surface area (Å²) < 4.78 is 0. The molecule has 2 rings (SSSR count). The molecule has 0 radical (unpaired) electrons. The smallest absolute Gasteiger partial charge is 0.253 e. The molecule has 0 aliphatic rings. The molecule has 0 aromatic heterocycles. The molecular weight excluding hydrogens is 330 g/mol. The second-order valence-electron chi connectivity index (χ2n) is 6.09. The Balaban J connectivity index is 1.77. The molecule has 0 fully saturated rings. The zero-order chi connectivity index (χ0) is 18.9. The van der Waals surface area contributed by atoms with Crippen molar-refractivity contribution in [2.45, 2.75) is 12.8 Å². The molecule has 0 heterocycles. The zero-order valence-electron chi connectivity index (χ0n) is 15.0. The topological polar surface area (TPSA) is 78.5 Å². The Morgan fingerprint density at radius 3 is 2.35 bits per heavy atom. The largest absolute Gasteiger partial charge is 0.355 e. The van der Waals surface area contributed by atoms with Crippen molar-refractivity contribution in [3.05, 3.63) is 65.7 Å². The van der Waals surface area contributed by atoms with Crippen LogP contribution in [0.5, 0.6) is 0 Å². The Kier molecular flexibility index (Phi) is 6.91. The monoisotopic (exact) mass is 353 g/mol. The van der Waals surface area contributed by atoms with Gasteiger partial charge < -0.3 is 15.5 Å². The third-order valence-electron chi connectivity index (χ3n) is 3.68. The normalized spacial score (nSPS) is 10.1. The van der Waals surface area contributed by atoms with Gasteiger partial charge in [-0.3, -0.25) is 14.4 Å². The van der Waals surface area contributed by atoms with Crippen LogP contribution in [0.2, 0.25) is 0 Å². The van der Waals surface area contributed by atoms with Gasteiger partial charge in [0.2, 0.25) is 11.8 Å². The maximum Gasteiger partial charge on any atom is 0.253 e. The third-order valence-corrected chi connectivity index (χ3v) is 3.68. The molecule has 0 aliphatic carbocycles. The summed E-state index contributed by atoms with van der Waals surface area (Å²) in [6, 6.07) is 16.2. The molecule has 2 N–H and O–H groups in total. The van der Waals surface area contributed by atoms with Gasteiger partial charge in [-0.25, -0.2) is 0 Å². The summed E-state index contributed by atoms with van der Waals surface area (Å²) in [7, 11) is 3.34. The van der Waals surface area contributed by atoms with Gasteiger partial charge in [-0.2, -0.15) is 0 Å². The highest BCUT2D eigenvalue weighted by Crippen LogP contribution is 2.12. The minimum absolute atomic E-state index is 0.123. The summed E-state index contributed by atoms with van der Waals surface area (Å²) >= 11 is 0. The first kappa shape index (κ1) is 19.2. The van der Waals surface area contributed by atoms with Gasteiger partial charge in [0, 0.05) is 38.3 Å². The average Bonchev–Trinajstić information content (AvgIpc) is 2.62. The van der Waals surface area contributed by atoms with E-state index in [2.05, 4.69) is 10.6 Å². The van der Waals surface area contributed by atoms with E-state index in [9.17, 15) is 14.4 Å². The van der Waals surface area contributed by atoms with Gasteiger partial charge >= 0.3 is 0 Å². The van der Waals surface area contributed by atoms with Crippen molar-refractivity contribution in [2.75, 3.05) is 26.0 Å². The highest BCUT2D eigenvalue weighted by atomic mass is 16.2. The lowest BCUT2D eigenvalue weighted by Crippen LogP contribution is -2.29. The molecule has 6 heteroatoms. The van der Waals surface area contributed by atoms with Crippen molar-refractivity contribution in [3.63, 3.8) is 0 Å². The van der Waals surface area contributed by atoms with E-state index in [0.717, 1.165) is 5.56 Å². The lowest BCUT2D eigenvalue weighted by molar-refractivity contribution is -0.120. The zero-order valence-corrected chi connectivity index (χ0v) is 15.0. The van der Waals surface area contributed by atoms with Crippen LogP contribution in [0.4, 0.5) is 5.69 Å². The molecule has 136 valence electrons. The molecule has 0 saturated carbocycles. The highest BCUT2D eigenvalue weighted by Gasteiger charge is 2.10. The van der Waals surface area contributed by atoms with Crippen molar-refractivity contribution in [1.82, 2.24) is 10.2 Å². The van der Waals surface area contributed by atoms with Gasteiger partial charge in [-0.15, -0.1) is 0 Å². The van der Waals surface area contributed by atoms with Crippen LogP contribution in [0, 0.1) is 0 Å². The Bertz CT molecular complexity index is 773. The van der Waals surface area contributed by atoms with Crippen LogP contribution in [0.25, 0.3) is 0 Å². The highest BCUT2D eigenvalue weighted by molar-refractivity contribution is 5.97. The van der Waals surface area contributed by atoms with E-state index in [4.69, 9.17) is 0 Å². The first-order valence-corrected chi connectivity index (χ1v) is 8.38. The number of carbonyl (C=O) groups is 3. The van der Waals surface area contributed by atoms with Gasteiger partial charge in [-0.1, -0.05) is 36.4 Å². The van der Waals surface area contributed by atoms with Crippen molar-refractivity contribution < 1.29 is 14.4 Å². The average molecular weight is 353 g/mol. The van der Waals surface area contributed by atoms with Gasteiger partial charge in [0.1, 0.15) is 0 Å². The summed E-state index contributed by atoms with van der Waals surface area (Å²) in [5, 5.41) is 5.47. The lowest BCUT2D eigenvalue weighted by atomic mass is 10.1. The molecule has 0 unspecified atom stereocenters. The number of hydrogen-bond acceptors (Lipinski definition) is 3. The van der Waals surface area contributed by atoms with Crippen molar-refractivity contribution in [1.29, 1.82) is 0 Å². The third kappa shape index (κ3) is 6.05. The van der Waals surface area contributed by atoms with E-state index >= 15 is 0 Å². The van der Waals surface area contributed by atoms with E-state index < -0.39 is 0 Å². The van der Waals surface area contributed by atoms with Gasteiger partial charge in [0.15, 0.2) is 0 Å². The summed E-state index contributed by atoms with van der Waals surface area (Å²) in [6.45, 7) is 0.258. The van der Waals surface area contributed by atoms with Crippen LogP contribution in [-0.4, -0.2) is 43.3 Å². The molecule has 0 spiro atoms. The van der Waals surface area contributed by atoms with Crippen LogP contribution in [0.15, 0.2) is 54.6 Å². The Labute approximate surface area is 153 Å². The number of hydrogen-bond donors (Lipinski definition) is 2. The van der Waals surface area contributed by atoms with E-state index in [1.54, 1.807) is 38.4 Å². The molecule has 0 atom stereocenters. The fourth-order valence-electron chi connectivity index (χ4n) is 2.37. The number of nitrogens with one attached hydrogen (secondary N) is 2. The fraction of sp³-hybridized carbons (Fsp3) is 0.250. The quantitative estimate of drug-likeness (QED) is 0.800. The minimum Gasteiger partial charge on any atom is -0.355 e. The van der Waals surface area contributed by atoms with Crippen LogP contribution in [0.3, 0.4) is 0 Å². The molecule has 0 aliphatic heterocycles. The second kappa shape index (κ2) is 9.36. The van der Waals surface area contributed by atoms with Crippen molar-refractivity contribution in [3.8, 4) is 0 Å². The van der Waals surface area contributed by atoms with Gasteiger partial charge in [-0.05, 0) is 23.8 Å². The summed E-state index contributed by atoms with van der Waals surface area (Å²) in [4.78, 5) is 37.3. The van der Waals surface area contributed by atoms with E-state index in [1.165, 1.54) is 4.90 Å². The molecule has 0 saturated heterocycles. The second-order valence-corrected chi connectivity index (χ2v) is 6.09. The number of amides is 3. The summed E-state index contributed by atoms with van der Waals surface area (Å²) in [5.74, 6) is -0.476. The van der Waals surface area contributed by atoms with Gasteiger partial charge in [0.05, 0.1) is 6.42 Å². The molecule has 2 aromatic carbocycles. The predicted molar refractivity (Wildman–Crippen MR) is 101 cm³/mol. The Morgan fingerprint density at radius 2 is 1.65 bits per heavy atom. The molecule has 2 aromatic rings. The van der Waals surface area contributed by atoms with Gasteiger partial charge in [0.25, 0.3) is 5.91 Å². The van der Waals surface area contributed by atoms with Crippen LogP contribution in [-0.2, 0) is 16.0 Å². The predicted octanol–water partition coefficient (Wildman–Crippen LogP) is 2.08. The van der Waals surface area contributed by atoms with Crippen molar-refractivity contribution in [2.24, 2.45) is 0 Å². The van der Waals surface area contributed by atoms with Crippen LogP contribution in [0.1, 0.15) is 22.3 Å². The first-order chi connectivity index (χ1) is 12.5. The number of carbonyl (C=O) groups excluding carboxylic acids is 3. The maximum absolute atomic E-state index is 12.0. The number of nitrogens with zero attached hydrogens (tertiary/aromatic N) is 1. The summed E-state index contributed by atoms with van der Waals surface area (Å²) in [5.41, 5.74) is 1.99. The lowest BCUT2D eigenvalue weighted by Gasteiger charge is -2.12. The number of anilines is 1. The fourth-order valence-corrected chi connectivity index (χ4v) is 2.37. The van der Waals surface area contributed by atoms with Crippen LogP contribution < -0.4 is 10.6 Å². The van der Waals surface area contributed by atoms with Crippen LogP contribution >= 0.6 is 0 Å². The number of benzene rings is 2. The molecule has 0 bridgehead atoms. The first-order valence-electron chi connectivity index (χ1n) is 8.38. The Hall–Kier alpha value is -3.15.